The van der Waals surface area contributed by atoms with E-state index in [0.717, 1.165) is 22.5 Å². The highest BCUT2D eigenvalue weighted by Gasteiger charge is 2.39. The van der Waals surface area contributed by atoms with E-state index in [4.69, 9.17) is 0 Å². The maximum atomic E-state index is 9.18. The number of allylic oxidation sites excluding steroid dienone is 6. The first kappa shape index (κ1) is 30.0. The fourth-order valence-electron chi connectivity index (χ4n) is 8.51. The van der Waals surface area contributed by atoms with Crippen molar-refractivity contribution in [2.75, 3.05) is 21.8 Å². The summed E-state index contributed by atoms with van der Waals surface area (Å²) < 4.78 is 1.19. The molecule has 0 amide bonds. The number of rotatable bonds is 7. The summed E-state index contributed by atoms with van der Waals surface area (Å²) in [6.07, 6.45) is 14.8. The number of nitrogens with one attached hydrogen (secondary N) is 2. The Morgan fingerprint density at radius 3 is 2.39 bits per heavy atom. The van der Waals surface area contributed by atoms with Gasteiger partial charge in [-0.3, -0.25) is 5.41 Å². The third-order valence-electron chi connectivity index (χ3n) is 10.9. The smallest absolute Gasteiger partial charge is 0.0883 e. The zero-order valence-corrected chi connectivity index (χ0v) is 28.9. The van der Waals surface area contributed by atoms with Gasteiger partial charge in [0, 0.05) is 50.2 Å². The summed E-state index contributed by atoms with van der Waals surface area (Å²) in [7, 11) is 0. The van der Waals surface area contributed by atoms with Crippen molar-refractivity contribution in [2.24, 2.45) is 0 Å². The van der Waals surface area contributed by atoms with Crippen molar-refractivity contribution in [3.63, 3.8) is 0 Å². The molecule has 2 N–H and O–H groups in total. The third-order valence-corrected chi connectivity index (χ3v) is 12.1. The molecular formula is C46H36N4S. The number of para-hydroxylation sites is 2. The molecule has 0 radical (unpaired) electrons. The Morgan fingerprint density at radius 2 is 1.51 bits per heavy atom. The number of nitrogens with zero attached hydrogens (tertiary/aromatic N) is 2. The van der Waals surface area contributed by atoms with E-state index in [1.165, 1.54) is 55.1 Å². The lowest BCUT2D eigenvalue weighted by molar-refractivity contribution is 0.692. The minimum Gasteiger partial charge on any atom is -0.366 e. The lowest BCUT2D eigenvalue weighted by Gasteiger charge is -2.29. The molecule has 3 heterocycles. The Bertz CT molecular complexity index is 2450. The number of thiophene rings is 1. The van der Waals surface area contributed by atoms with Crippen LogP contribution in [0.15, 0.2) is 170 Å². The van der Waals surface area contributed by atoms with Crippen LogP contribution in [0.5, 0.6) is 0 Å². The van der Waals surface area contributed by atoms with Crippen LogP contribution in [0.2, 0.25) is 0 Å². The van der Waals surface area contributed by atoms with Crippen LogP contribution >= 0.6 is 11.3 Å². The first-order chi connectivity index (χ1) is 25.2. The molecule has 1 aromatic heterocycles. The molecule has 6 aromatic rings. The minimum atomic E-state index is 0.225. The molecule has 0 saturated heterocycles. The number of fused-ring (bicyclic) bond motifs is 7. The molecule has 0 fully saturated rings. The molecule has 0 spiro atoms. The molecule has 51 heavy (non-hydrogen) atoms. The zero-order chi connectivity index (χ0) is 33.9. The van der Waals surface area contributed by atoms with Gasteiger partial charge in [0.1, 0.15) is 0 Å². The maximum absolute atomic E-state index is 9.18. The maximum Gasteiger partial charge on any atom is 0.0883 e. The van der Waals surface area contributed by atoms with Gasteiger partial charge in [0.15, 0.2) is 0 Å². The van der Waals surface area contributed by atoms with Gasteiger partial charge in [-0.05, 0) is 71.2 Å². The molecular weight excluding hydrogens is 641 g/mol. The summed E-state index contributed by atoms with van der Waals surface area (Å²) >= 11 is 1.69. The highest BCUT2D eigenvalue weighted by atomic mass is 32.1. The van der Waals surface area contributed by atoms with E-state index in [1.807, 2.05) is 30.3 Å². The Labute approximate surface area is 302 Å². The summed E-state index contributed by atoms with van der Waals surface area (Å²) in [5, 5.41) is 14.2. The Kier molecular flexibility index (Phi) is 7.14. The molecule has 4 nitrogen and oxygen atoms in total. The van der Waals surface area contributed by atoms with Crippen molar-refractivity contribution in [1.82, 2.24) is 0 Å². The average Bonchev–Trinajstić information content (AvgIpc) is 3.84. The van der Waals surface area contributed by atoms with Gasteiger partial charge in [-0.25, -0.2) is 0 Å². The third kappa shape index (κ3) is 4.91. The van der Waals surface area contributed by atoms with Crippen LogP contribution in [0, 0.1) is 5.41 Å². The highest BCUT2D eigenvalue weighted by molar-refractivity contribution is 7.21. The molecule has 5 heteroatoms. The molecule has 4 aliphatic rings. The number of hydrogen-bond acceptors (Lipinski definition) is 5. The van der Waals surface area contributed by atoms with E-state index in [0.29, 0.717) is 18.3 Å². The van der Waals surface area contributed by atoms with Crippen LogP contribution in [-0.4, -0.2) is 18.4 Å². The van der Waals surface area contributed by atoms with Crippen LogP contribution < -0.4 is 15.1 Å². The van der Waals surface area contributed by atoms with Gasteiger partial charge < -0.3 is 15.1 Å². The summed E-state index contributed by atoms with van der Waals surface area (Å²) in [6, 6.07) is 45.6. The standard InChI is InChI=1S/C46H36N4S/c47-44(30-13-3-1-4-14-30)46-45(36-19-9-12-22-43(36)51-46)48-29-49-39-20-10-7-17-34(39)37-27-31(23-25-40(37)49)32-24-26-42-38(28-32)35-18-8-11-21-41(35)50(42)33-15-5-2-6-16-33/h1-27,34,38-39,47-48H,28-29H2. The van der Waals surface area contributed by atoms with Gasteiger partial charge in [-0.15, -0.1) is 11.3 Å². The van der Waals surface area contributed by atoms with Crippen LogP contribution in [0.25, 0.3) is 15.7 Å². The second-order valence-corrected chi connectivity index (χ2v) is 14.7. The Hall–Kier alpha value is -5.91. The molecule has 3 atom stereocenters. The molecule has 2 aliphatic carbocycles. The minimum absolute atomic E-state index is 0.225. The fourth-order valence-corrected chi connectivity index (χ4v) is 9.66. The summed E-state index contributed by atoms with van der Waals surface area (Å²) in [5.74, 6) is 0.606. The molecule has 0 bridgehead atoms. The summed E-state index contributed by atoms with van der Waals surface area (Å²) in [4.78, 5) is 5.92. The quantitative estimate of drug-likeness (QED) is 0.165. The van der Waals surface area contributed by atoms with E-state index in [1.54, 1.807) is 11.3 Å². The van der Waals surface area contributed by atoms with Crippen molar-refractivity contribution in [3.05, 3.63) is 197 Å². The van der Waals surface area contributed by atoms with Gasteiger partial charge in [-0.1, -0.05) is 121 Å². The number of benzene rings is 5. The number of anilines is 4. The topological polar surface area (TPSA) is 42.4 Å². The van der Waals surface area contributed by atoms with Gasteiger partial charge in [-0.2, -0.15) is 0 Å². The van der Waals surface area contributed by atoms with Crippen LogP contribution in [0.1, 0.15) is 45.4 Å². The van der Waals surface area contributed by atoms with E-state index < -0.39 is 0 Å². The predicted octanol–water partition coefficient (Wildman–Crippen LogP) is 11.4. The molecule has 3 unspecified atom stereocenters. The van der Waals surface area contributed by atoms with Crippen LogP contribution in [0.4, 0.5) is 22.7 Å². The summed E-state index contributed by atoms with van der Waals surface area (Å²) in [6.45, 7) is 0.643. The zero-order valence-electron chi connectivity index (χ0n) is 28.0. The van der Waals surface area contributed by atoms with E-state index in [2.05, 4.69) is 149 Å². The molecule has 10 rings (SSSR count). The van der Waals surface area contributed by atoms with E-state index in [-0.39, 0.29) is 12.0 Å². The molecule has 0 saturated carbocycles. The van der Waals surface area contributed by atoms with Crippen molar-refractivity contribution in [2.45, 2.75) is 24.3 Å². The van der Waals surface area contributed by atoms with Crippen molar-refractivity contribution in [3.8, 4) is 0 Å². The second-order valence-electron chi connectivity index (χ2n) is 13.7. The number of hydrogen-bond donors (Lipinski definition) is 2. The van der Waals surface area contributed by atoms with Gasteiger partial charge in [0.05, 0.1) is 29.0 Å². The van der Waals surface area contributed by atoms with Gasteiger partial charge >= 0.3 is 0 Å². The fraction of sp³-hybridized carbons (Fsp3) is 0.109. The summed E-state index contributed by atoms with van der Waals surface area (Å²) in [5.41, 5.74) is 13.1. The van der Waals surface area contributed by atoms with E-state index in [9.17, 15) is 5.41 Å². The first-order valence-corrected chi connectivity index (χ1v) is 18.5. The van der Waals surface area contributed by atoms with E-state index >= 15 is 0 Å². The molecule has 2 aliphatic heterocycles. The largest absolute Gasteiger partial charge is 0.366 e. The van der Waals surface area contributed by atoms with Crippen molar-refractivity contribution < 1.29 is 0 Å². The predicted molar refractivity (Wildman–Crippen MR) is 215 cm³/mol. The normalized spacial score (nSPS) is 19.6. The van der Waals surface area contributed by atoms with Crippen molar-refractivity contribution in [1.29, 1.82) is 5.41 Å². The van der Waals surface area contributed by atoms with Crippen molar-refractivity contribution >= 4 is 55.5 Å². The average molecular weight is 677 g/mol. The Morgan fingerprint density at radius 1 is 0.745 bits per heavy atom. The lowest BCUT2D eigenvalue weighted by atomic mass is 9.83. The monoisotopic (exact) mass is 676 g/mol. The molecule has 5 aromatic carbocycles. The Balaban J connectivity index is 0.979. The highest BCUT2D eigenvalue weighted by Crippen LogP contribution is 2.53. The van der Waals surface area contributed by atoms with Gasteiger partial charge in [0.25, 0.3) is 0 Å². The SMILES string of the molecule is N=C(c1ccccc1)c1sc2ccccc2c1NCN1c2ccc(C3=CC=C4C(C3)c3ccccc3N4c3ccccc3)cc2C2C=CC=CC21. The van der Waals surface area contributed by atoms with Crippen LogP contribution in [-0.2, 0) is 0 Å². The lowest BCUT2D eigenvalue weighted by Crippen LogP contribution is -2.37. The second kappa shape index (κ2) is 12.1. The first-order valence-electron chi connectivity index (χ1n) is 17.7. The van der Waals surface area contributed by atoms with Crippen LogP contribution in [0.3, 0.4) is 0 Å². The van der Waals surface area contributed by atoms with Gasteiger partial charge in [0.2, 0.25) is 0 Å². The molecule has 246 valence electrons.